The third-order valence-electron chi connectivity index (χ3n) is 6.30. The Kier molecular flexibility index (Phi) is 5.43. The van der Waals surface area contributed by atoms with E-state index in [-0.39, 0.29) is 0 Å². The van der Waals surface area contributed by atoms with Gasteiger partial charge in [0.1, 0.15) is 0 Å². The Hall–Kier alpha value is -1.05. The molecule has 0 radical (unpaired) electrons. The molecular formula is C21H36N2. The van der Waals surface area contributed by atoms with Gasteiger partial charge < -0.3 is 4.90 Å². The molecule has 0 saturated carbocycles. The maximum Gasteiger partial charge on any atom is 0.0472 e. The Morgan fingerprint density at radius 1 is 1.04 bits per heavy atom. The Bertz CT molecular complexity index is 547. The summed E-state index contributed by atoms with van der Waals surface area (Å²) in [5, 5.41) is 0. The minimum Gasteiger partial charge on any atom is -0.368 e. The first-order chi connectivity index (χ1) is 10.7. The molecule has 2 heterocycles. The summed E-state index contributed by atoms with van der Waals surface area (Å²) < 4.78 is 0. The van der Waals surface area contributed by atoms with E-state index in [1.54, 1.807) is 0 Å². The lowest BCUT2D eigenvalue weighted by Gasteiger charge is -2.43. The number of nitrogens with zero attached hydrogens (tertiary/aromatic N) is 2. The van der Waals surface area contributed by atoms with E-state index in [0.717, 1.165) is 12.5 Å². The minimum atomic E-state index is 0.507. The van der Waals surface area contributed by atoms with Crippen LogP contribution in [-0.4, -0.2) is 17.6 Å². The van der Waals surface area contributed by atoms with Crippen LogP contribution in [0.2, 0.25) is 0 Å². The summed E-state index contributed by atoms with van der Waals surface area (Å²) in [5.41, 5.74) is 5.62. The monoisotopic (exact) mass is 316 g/mol. The van der Waals surface area contributed by atoms with E-state index in [9.17, 15) is 0 Å². The van der Waals surface area contributed by atoms with Gasteiger partial charge in [0.05, 0.1) is 0 Å². The molecule has 0 amide bonds. The van der Waals surface area contributed by atoms with Crippen molar-refractivity contribution in [2.75, 3.05) is 11.4 Å². The molecule has 4 atom stereocenters. The van der Waals surface area contributed by atoms with Crippen molar-refractivity contribution in [1.82, 2.24) is 4.98 Å². The average Bonchev–Trinajstić information content (AvgIpc) is 2.48. The number of anilines is 1. The highest BCUT2D eigenvalue weighted by molar-refractivity contribution is 5.63. The molecule has 0 spiro atoms. The molecule has 1 aliphatic heterocycles. The summed E-state index contributed by atoms with van der Waals surface area (Å²) in [6.07, 6.45) is 2.13. The Morgan fingerprint density at radius 3 is 2.17 bits per heavy atom. The van der Waals surface area contributed by atoms with Gasteiger partial charge in [0.25, 0.3) is 0 Å². The minimum absolute atomic E-state index is 0.507. The lowest BCUT2D eigenvalue weighted by molar-refractivity contribution is 0.242. The second kappa shape index (κ2) is 6.83. The van der Waals surface area contributed by atoms with Crippen LogP contribution in [0.15, 0.2) is 6.20 Å². The van der Waals surface area contributed by atoms with Crippen molar-refractivity contribution in [2.45, 2.75) is 80.2 Å². The number of fused-ring (bicyclic) bond motifs is 1. The fourth-order valence-corrected chi connectivity index (χ4v) is 4.19. The van der Waals surface area contributed by atoms with Crippen molar-refractivity contribution in [1.29, 1.82) is 0 Å². The van der Waals surface area contributed by atoms with Crippen LogP contribution >= 0.6 is 0 Å². The summed E-state index contributed by atoms with van der Waals surface area (Å²) in [7, 11) is 0. The summed E-state index contributed by atoms with van der Waals surface area (Å²) in [6.45, 7) is 22.3. The number of hydrogen-bond donors (Lipinski definition) is 0. The average molecular weight is 317 g/mol. The van der Waals surface area contributed by atoms with E-state index in [4.69, 9.17) is 4.98 Å². The number of pyridine rings is 1. The maximum absolute atomic E-state index is 4.78. The molecule has 23 heavy (non-hydrogen) atoms. The predicted octanol–water partition coefficient (Wildman–Crippen LogP) is 5.75. The van der Waals surface area contributed by atoms with E-state index in [1.807, 2.05) is 0 Å². The van der Waals surface area contributed by atoms with Crippen LogP contribution in [0.4, 0.5) is 5.69 Å². The molecule has 0 N–H and O–H groups in total. The van der Waals surface area contributed by atoms with Crippen LogP contribution in [0.3, 0.4) is 0 Å². The maximum atomic E-state index is 4.78. The van der Waals surface area contributed by atoms with Crippen LogP contribution in [0.1, 0.15) is 84.0 Å². The zero-order chi connectivity index (χ0) is 17.5. The van der Waals surface area contributed by atoms with Crippen LogP contribution in [0.5, 0.6) is 0 Å². The van der Waals surface area contributed by atoms with Crippen LogP contribution in [0, 0.1) is 24.7 Å². The Labute approximate surface area is 143 Å². The second-order valence-corrected chi connectivity index (χ2v) is 8.45. The highest BCUT2D eigenvalue weighted by atomic mass is 15.2. The normalized spacial score (nSPS) is 28.7. The molecule has 2 nitrogen and oxygen atoms in total. The van der Waals surface area contributed by atoms with Crippen molar-refractivity contribution in [3.05, 3.63) is 23.0 Å². The topological polar surface area (TPSA) is 16.1 Å². The highest BCUT2D eigenvalue weighted by Crippen LogP contribution is 2.45. The molecule has 0 unspecified atom stereocenters. The molecule has 2 rings (SSSR count). The van der Waals surface area contributed by atoms with E-state index in [1.165, 1.54) is 22.5 Å². The van der Waals surface area contributed by atoms with Gasteiger partial charge in [-0.05, 0) is 55.9 Å². The lowest BCUT2D eigenvalue weighted by atomic mass is 9.72. The van der Waals surface area contributed by atoms with E-state index in [2.05, 4.69) is 73.4 Å². The SMILES string of the molecule is Cc1ncc(C(C)C)c2c1[C@@H](C)[C@@H](C)[C@@H](C)[C@@H](C)CN2C(C)C. The van der Waals surface area contributed by atoms with Crippen LogP contribution in [-0.2, 0) is 0 Å². The van der Waals surface area contributed by atoms with Crippen molar-refractivity contribution in [2.24, 2.45) is 17.8 Å². The highest BCUT2D eigenvalue weighted by Gasteiger charge is 2.35. The van der Waals surface area contributed by atoms with E-state index in [0.29, 0.717) is 29.7 Å². The quantitative estimate of drug-likeness (QED) is 0.690. The molecular weight excluding hydrogens is 280 g/mol. The van der Waals surface area contributed by atoms with Crippen molar-refractivity contribution in [3.63, 3.8) is 0 Å². The zero-order valence-corrected chi connectivity index (χ0v) is 16.6. The Balaban J connectivity index is 2.76. The summed E-state index contributed by atoms with van der Waals surface area (Å²) in [4.78, 5) is 7.44. The number of hydrogen-bond acceptors (Lipinski definition) is 2. The summed E-state index contributed by atoms with van der Waals surface area (Å²) in [6, 6.07) is 0.517. The molecule has 1 aliphatic rings. The number of aryl methyl sites for hydroxylation is 1. The van der Waals surface area contributed by atoms with Gasteiger partial charge in [-0.25, -0.2) is 0 Å². The molecule has 130 valence electrons. The third-order valence-corrected chi connectivity index (χ3v) is 6.30. The fraction of sp³-hybridized carbons (Fsp3) is 0.762. The lowest BCUT2D eigenvalue weighted by Crippen LogP contribution is -2.41. The van der Waals surface area contributed by atoms with Gasteiger partial charge in [-0.15, -0.1) is 0 Å². The van der Waals surface area contributed by atoms with Crippen molar-refractivity contribution in [3.8, 4) is 0 Å². The zero-order valence-electron chi connectivity index (χ0n) is 16.6. The molecule has 1 aromatic rings. The molecule has 0 bridgehead atoms. The first-order valence-electron chi connectivity index (χ1n) is 9.42. The standard InChI is InChI=1S/C21H36N2/c1-12(2)19-10-22-18(9)20-17(8)16(7)15(6)14(5)11-23(13(3)4)21(19)20/h10,12-17H,11H2,1-9H3/t14-,15-,16-,17-/m0/s1. The van der Waals surface area contributed by atoms with Crippen molar-refractivity contribution >= 4 is 5.69 Å². The van der Waals surface area contributed by atoms with Crippen LogP contribution < -0.4 is 4.90 Å². The van der Waals surface area contributed by atoms with Gasteiger partial charge in [-0.3, -0.25) is 4.98 Å². The van der Waals surface area contributed by atoms with E-state index >= 15 is 0 Å². The molecule has 0 aliphatic carbocycles. The smallest absolute Gasteiger partial charge is 0.0472 e. The van der Waals surface area contributed by atoms with E-state index < -0.39 is 0 Å². The first kappa shape index (κ1) is 18.3. The molecule has 1 aromatic heterocycles. The summed E-state index contributed by atoms with van der Waals surface area (Å²) >= 11 is 0. The van der Waals surface area contributed by atoms with Gasteiger partial charge in [0.2, 0.25) is 0 Å². The number of rotatable bonds is 2. The largest absolute Gasteiger partial charge is 0.368 e. The first-order valence-corrected chi connectivity index (χ1v) is 9.42. The van der Waals surface area contributed by atoms with Gasteiger partial charge in [0, 0.05) is 35.7 Å². The molecule has 0 aromatic carbocycles. The van der Waals surface area contributed by atoms with Crippen LogP contribution in [0.25, 0.3) is 0 Å². The van der Waals surface area contributed by atoms with Gasteiger partial charge in [0.15, 0.2) is 0 Å². The number of aromatic nitrogens is 1. The fourth-order valence-electron chi connectivity index (χ4n) is 4.19. The molecule has 0 fully saturated rings. The van der Waals surface area contributed by atoms with Gasteiger partial charge in [-0.2, -0.15) is 0 Å². The third kappa shape index (κ3) is 3.27. The van der Waals surface area contributed by atoms with Gasteiger partial charge >= 0.3 is 0 Å². The van der Waals surface area contributed by atoms with Crippen molar-refractivity contribution < 1.29 is 0 Å². The van der Waals surface area contributed by atoms with Gasteiger partial charge in [-0.1, -0.05) is 41.5 Å². The molecule has 2 heteroatoms. The Morgan fingerprint density at radius 2 is 1.65 bits per heavy atom. The summed E-state index contributed by atoms with van der Waals surface area (Å²) in [5.74, 6) is 3.17. The second-order valence-electron chi connectivity index (χ2n) is 8.45. The predicted molar refractivity (Wildman–Crippen MR) is 101 cm³/mol. The molecule has 0 saturated heterocycles.